The highest BCUT2D eigenvalue weighted by molar-refractivity contribution is 7.09. The van der Waals surface area contributed by atoms with Crippen molar-refractivity contribution in [2.75, 3.05) is 13.1 Å². The lowest BCUT2D eigenvalue weighted by Crippen LogP contribution is -2.10. The Bertz CT molecular complexity index is 202. The van der Waals surface area contributed by atoms with Crippen LogP contribution in [0.3, 0.4) is 0 Å². The molecule has 3 heteroatoms. The van der Waals surface area contributed by atoms with Crippen molar-refractivity contribution in [3.8, 4) is 0 Å². The van der Waals surface area contributed by atoms with Gasteiger partial charge in [0, 0.05) is 18.0 Å². The van der Waals surface area contributed by atoms with Gasteiger partial charge < -0.3 is 5.32 Å². The molecule has 60 valence electrons. The second-order valence-corrected chi connectivity index (χ2v) is 3.97. The van der Waals surface area contributed by atoms with Crippen LogP contribution in [0.5, 0.6) is 0 Å². The molecule has 11 heavy (non-hydrogen) atoms. The largest absolute Gasteiger partial charge is 0.316 e. The summed E-state index contributed by atoms with van der Waals surface area (Å²) in [6.45, 7) is 2.37. The standard InChI is InChI=1S/C8H12N2S/c1-2-9-6-7(1)5-8-10-3-4-11-8/h3-4,7,9H,1-2,5-6H2/t7-/m0/s1. The molecular weight excluding hydrogens is 156 g/mol. The van der Waals surface area contributed by atoms with Crippen LogP contribution < -0.4 is 5.32 Å². The summed E-state index contributed by atoms with van der Waals surface area (Å²) in [5.41, 5.74) is 0. The minimum absolute atomic E-state index is 0.834. The van der Waals surface area contributed by atoms with E-state index in [1.165, 1.54) is 30.9 Å². The Hall–Kier alpha value is -0.410. The molecule has 0 unspecified atom stereocenters. The predicted octanol–water partition coefficient (Wildman–Crippen LogP) is 1.30. The van der Waals surface area contributed by atoms with Crippen LogP contribution in [0.1, 0.15) is 11.4 Å². The molecule has 2 nitrogen and oxygen atoms in total. The summed E-state index contributed by atoms with van der Waals surface area (Å²) in [5.74, 6) is 0.834. The summed E-state index contributed by atoms with van der Waals surface area (Å²) in [6.07, 6.45) is 4.38. The zero-order valence-electron chi connectivity index (χ0n) is 6.42. The van der Waals surface area contributed by atoms with E-state index < -0.39 is 0 Å². The molecular formula is C8H12N2S. The lowest BCUT2D eigenvalue weighted by molar-refractivity contribution is 0.578. The molecule has 1 aliphatic rings. The lowest BCUT2D eigenvalue weighted by Gasteiger charge is -2.03. The maximum absolute atomic E-state index is 4.27. The van der Waals surface area contributed by atoms with Crippen LogP contribution in [-0.2, 0) is 6.42 Å². The molecule has 0 aromatic carbocycles. The number of rotatable bonds is 2. The van der Waals surface area contributed by atoms with Crippen molar-refractivity contribution >= 4 is 11.3 Å². The Balaban J connectivity index is 1.90. The van der Waals surface area contributed by atoms with Crippen LogP contribution in [0.25, 0.3) is 0 Å². The normalized spacial score (nSPS) is 24.2. The van der Waals surface area contributed by atoms with Gasteiger partial charge in [-0.2, -0.15) is 0 Å². The van der Waals surface area contributed by atoms with Crippen molar-refractivity contribution in [2.24, 2.45) is 5.92 Å². The van der Waals surface area contributed by atoms with Crippen molar-refractivity contribution in [3.05, 3.63) is 16.6 Å². The first-order valence-corrected chi connectivity index (χ1v) is 4.92. The fourth-order valence-corrected chi connectivity index (χ4v) is 2.22. The van der Waals surface area contributed by atoms with E-state index in [-0.39, 0.29) is 0 Å². The van der Waals surface area contributed by atoms with Gasteiger partial charge in [-0.05, 0) is 25.4 Å². The van der Waals surface area contributed by atoms with E-state index in [4.69, 9.17) is 0 Å². The first kappa shape index (κ1) is 7.25. The molecule has 1 N–H and O–H groups in total. The molecule has 0 saturated carbocycles. The van der Waals surface area contributed by atoms with Gasteiger partial charge in [0.25, 0.3) is 0 Å². The van der Waals surface area contributed by atoms with Gasteiger partial charge in [0.1, 0.15) is 0 Å². The summed E-state index contributed by atoms with van der Waals surface area (Å²) < 4.78 is 0. The van der Waals surface area contributed by atoms with E-state index in [0.717, 1.165) is 5.92 Å². The number of hydrogen-bond acceptors (Lipinski definition) is 3. The van der Waals surface area contributed by atoms with Gasteiger partial charge in [0.2, 0.25) is 0 Å². The minimum atomic E-state index is 0.834. The van der Waals surface area contributed by atoms with Crippen LogP contribution >= 0.6 is 11.3 Å². The highest BCUT2D eigenvalue weighted by atomic mass is 32.1. The topological polar surface area (TPSA) is 24.9 Å². The fraction of sp³-hybridized carbons (Fsp3) is 0.625. The van der Waals surface area contributed by atoms with Crippen molar-refractivity contribution < 1.29 is 0 Å². The minimum Gasteiger partial charge on any atom is -0.316 e. The molecule has 1 fully saturated rings. The maximum Gasteiger partial charge on any atom is 0.0928 e. The first-order valence-electron chi connectivity index (χ1n) is 4.04. The van der Waals surface area contributed by atoms with Crippen LogP contribution in [0, 0.1) is 5.92 Å². The number of hydrogen-bond donors (Lipinski definition) is 1. The molecule has 0 spiro atoms. The highest BCUT2D eigenvalue weighted by Gasteiger charge is 2.15. The smallest absolute Gasteiger partial charge is 0.0928 e. The Morgan fingerprint density at radius 1 is 1.73 bits per heavy atom. The van der Waals surface area contributed by atoms with E-state index in [1.807, 2.05) is 6.20 Å². The summed E-state index contributed by atoms with van der Waals surface area (Å²) in [4.78, 5) is 4.27. The first-order chi connectivity index (χ1) is 5.45. The number of nitrogens with zero attached hydrogens (tertiary/aromatic N) is 1. The van der Waals surface area contributed by atoms with E-state index in [2.05, 4.69) is 15.7 Å². The zero-order chi connectivity index (χ0) is 7.52. The predicted molar refractivity (Wildman–Crippen MR) is 46.8 cm³/mol. The third kappa shape index (κ3) is 1.79. The number of nitrogens with one attached hydrogen (secondary N) is 1. The monoisotopic (exact) mass is 168 g/mol. The molecule has 1 saturated heterocycles. The summed E-state index contributed by atoms with van der Waals surface area (Å²) in [6, 6.07) is 0. The summed E-state index contributed by atoms with van der Waals surface area (Å²) in [5, 5.41) is 6.71. The van der Waals surface area contributed by atoms with Crippen molar-refractivity contribution in [2.45, 2.75) is 12.8 Å². The quantitative estimate of drug-likeness (QED) is 0.720. The molecule has 2 rings (SSSR count). The molecule has 1 atom stereocenters. The average molecular weight is 168 g/mol. The molecule has 1 aliphatic heterocycles. The van der Waals surface area contributed by atoms with Gasteiger partial charge in [0.15, 0.2) is 0 Å². The molecule has 0 aliphatic carbocycles. The van der Waals surface area contributed by atoms with Gasteiger partial charge in [-0.25, -0.2) is 4.98 Å². The van der Waals surface area contributed by atoms with Crippen LogP contribution in [0.4, 0.5) is 0 Å². The van der Waals surface area contributed by atoms with E-state index in [0.29, 0.717) is 0 Å². The second-order valence-electron chi connectivity index (χ2n) is 2.99. The van der Waals surface area contributed by atoms with Gasteiger partial charge in [-0.15, -0.1) is 11.3 Å². The van der Waals surface area contributed by atoms with Crippen molar-refractivity contribution in [3.63, 3.8) is 0 Å². The maximum atomic E-state index is 4.27. The van der Waals surface area contributed by atoms with Gasteiger partial charge >= 0.3 is 0 Å². The Morgan fingerprint density at radius 3 is 3.36 bits per heavy atom. The van der Waals surface area contributed by atoms with Crippen LogP contribution in [0.2, 0.25) is 0 Å². The second kappa shape index (κ2) is 3.32. The van der Waals surface area contributed by atoms with Gasteiger partial charge in [-0.1, -0.05) is 0 Å². The molecule has 0 bridgehead atoms. The van der Waals surface area contributed by atoms with Gasteiger partial charge in [0.05, 0.1) is 5.01 Å². The fourth-order valence-electron chi connectivity index (χ4n) is 1.49. The highest BCUT2D eigenvalue weighted by Crippen LogP contribution is 2.16. The molecule has 1 aromatic heterocycles. The number of thiazole rings is 1. The summed E-state index contributed by atoms with van der Waals surface area (Å²) >= 11 is 1.77. The molecule has 2 heterocycles. The van der Waals surface area contributed by atoms with E-state index in [9.17, 15) is 0 Å². The van der Waals surface area contributed by atoms with Crippen molar-refractivity contribution in [1.82, 2.24) is 10.3 Å². The van der Waals surface area contributed by atoms with Crippen LogP contribution in [0.15, 0.2) is 11.6 Å². The summed E-state index contributed by atoms with van der Waals surface area (Å²) in [7, 11) is 0. The van der Waals surface area contributed by atoms with E-state index in [1.54, 1.807) is 11.3 Å². The molecule has 0 amide bonds. The van der Waals surface area contributed by atoms with Crippen LogP contribution in [-0.4, -0.2) is 18.1 Å². The molecule has 1 aromatic rings. The average Bonchev–Trinajstić information content (AvgIpc) is 2.60. The lowest BCUT2D eigenvalue weighted by atomic mass is 10.1. The van der Waals surface area contributed by atoms with Crippen molar-refractivity contribution in [1.29, 1.82) is 0 Å². The Labute approximate surface area is 70.7 Å². The SMILES string of the molecule is c1csc(C[C@@H]2CCNC2)n1. The van der Waals surface area contributed by atoms with Gasteiger partial charge in [-0.3, -0.25) is 0 Å². The Morgan fingerprint density at radius 2 is 2.73 bits per heavy atom. The third-order valence-corrected chi connectivity index (χ3v) is 2.91. The number of aromatic nitrogens is 1. The van der Waals surface area contributed by atoms with E-state index >= 15 is 0 Å². The Kier molecular flexibility index (Phi) is 2.19. The molecule has 0 radical (unpaired) electrons. The zero-order valence-corrected chi connectivity index (χ0v) is 7.23. The third-order valence-electron chi connectivity index (χ3n) is 2.11.